The highest BCUT2D eigenvalue weighted by molar-refractivity contribution is 6.30. The summed E-state index contributed by atoms with van der Waals surface area (Å²) in [6, 6.07) is 6.16. The summed E-state index contributed by atoms with van der Waals surface area (Å²) < 4.78 is 0. The van der Waals surface area contributed by atoms with Crippen molar-refractivity contribution in [1.29, 1.82) is 0 Å². The number of amides is 2. The molecular formula is C19H29Cl2N3O2. The van der Waals surface area contributed by atoms with E-state index < -0.39 is 6.04 Å². The van der Waals surface area contributed by atoms with Crippen LogP contribution in [0.25, 0.3) is 0 Å². The normalized spacial score (nSPS) is 20.3. The van der Waals surface area contributed by atoms with Crippen LogP contribution in [0, 0.1) is 11.3 Å². The van der Waals surface area contributed by atoms with E-state index in [1.54, 1.807) is 24.3 Å². The first kappa shape index (κ1) is 22.7. The van der Waals surface area contributed by atoms with Gasteiger partial charge in [-0.1, -0.05) is 39.3 Å². The summed E-state index contributed by atoms with van der Waals surface area (Å²) in [5, 5.41) is 3.45. The fourth-order valence-electron chi connectivity index (χ4n) is 3.10. The minimum absolute atomic E-state index is 0. The van der Waals surface area contributed by atoms with Crippen LogP contribution in [0.5, 0.6) is 0 Å². The number of carbonyl (C=O) groups excluding carboxylic acids is 2. The van der Waals surface area contributed by atoms with E-state index in [1.807, 2.05) is 18.7 Å². The van der Waals surface area contributed by atoms with Gasteiger partial charge in [0.1, 0.15) is 6.04 Å². The van der Waals surface area contributed by atoms with E-state index in [0.717, 1.165) is 6.42 Å². The Kier molecular flexibility index (Phi) is 7.93. The van der Waals surface area contributed by atoms with E-state index in [4.69, 9.17) is 17.3 Å². The average Bonchev–Trinajstić information content (AvgIpc) is 2.54. The maximum absolute atomic E-state index is 13.0. The van der Waals surface area contributed by atoms with Crippen LogP contribution in [0.15, 0.2) is 24.3 Å². The van der Waals surface area contributed by atoms with E-state index in [1.165, 1.54) is 0 Å². The molecule has 1 heterocycles. The summed E-state index contributed by atoms with van der Waals surface area (Å²) in [6.07, 6.45) is 0.773. The van der Waals surface area contributed by atoms with Crippen LogP contribution in [-0.4, -0.2) is 41.9 Å². The fraction of sp³-hybridized carbons (Fsp3) is 0.579. The summed E-state index contributed by atoms with van der Waals surface area (Å²) in [4.78, 5) is 27.3. The van der Waals surface area contributed by atoms with Gasteiger partial charge in [-0.15, -0.1) is 12.4 Å². The molecule has 26 heavy (non-hydrogen) atoms. The van der Waals surface area contributed by atoms with E-state index in [9.17, 15) is 9.59 Å². The lowest BCUT2D eigenvalue weighted by molar-refractivity contribution is -0.137. The van der Waals surface area contributed by atoms with Crippen molar-refractivity contribution in [3.8, 4) is 0 Å². The lowest BCUT2D eigenvalue weighted by atomic mass is 9.79. The molecule has 0 aliphatic carbocycles. The number of rotatable bonds is 4. The molecule has 7 heteroatoms. The first-order valence-corrected chi connectivity index (χ1v) is 9.10. The Hall–Kier alpha value is -1.30. The van der Waals surface area contributed by atoms with Gasteiger partial charge in [-0.05, 0) is 42.0 Å². The molecule has 0 aromatic heterocycles. The molecule has 2 rings (SSSR count). The average molecular weight is 402 g/mol. The minimum Gasteiger partial charge on any atom is -0.340 e. The number of hydrogen-bond acceptors (Lipinski definition) is 3. The Morgan fingerprint density at radius 3 is 2.35 bits per heavy atom. The Bertz CT molecular complexity index is 632. The van der Waals surface area contributed by atoms with Crippen LogP contribution >= 0.6 is 24.0 Å². The Morgan fingerprint density at radius 1 is 1.27 bits per heavy atom. The van der Waals surface area contributed by atoms with E-state index in [2.05, 4.69) is 19.2 Å². The molecule has 1 aliphatic rings. The van der Waals surface area contributed by atoms with Gasteiger partial charge in [0.25, 0.3) is 5.91 Å². The van der Waals surface area contributed by atoms with Gasteiger partial charge in [-0.2, -0.15) is 0 Å². The van der Waals surface area contributed by atoms with Crippen molar-refractivity contribution in [2.45, 2.75) is 46.2 Å². The molecule has 0 radical (unpaired) electrons. The van der Waals surface area contributed by atoms with Crippen LogP contribution in [0.4, 0.5) is 0 Å². The third kappa shape index (κ3) is 5.35. The van der Waals surface area contributed by atoms with Gasteiger partial charge >= 0.3 is 0 Å². The van der Waals surface area contributed by atoms with Crippen molar-refractivity contribution in [1.82, 2.24) is 10.2 Å². The SMILES string of the molecule is CC(C)C(NC(=O)c1ccc(Cl)cc1)C(=O)N1CCC(N)C(C)(C)C1.Cl. The molecule has 2 amide bonds. The number of hydrogen-bond donors (Lipinski definition) is 2. The molecular weight excluding hydrogens is 373 g/mol. The van der Waals surface area contributed by atoms with E-state index in [0.29, 0.717) is 23.7 Å². The summed E-state index contributed by atoms with van der Waals surface area (Å²) in [5.74, 6) is -0.323. The van der Waals surface area contributed by atoms with E-state index >= 15 is 0 Å². The molecule has 3 N–H and O–H groups in total. The number of nitrogens with one attached hydrogen (secondary N) is 1. The minimum atomic E-state index is -0.562. The zero-order valence-corrected chi connectivity index (χ0v) is 17.4. The highest BCUT2D eigenvalue weighted by Crippen LogP contribution is 2.28. The van der Waals surface area contributed by atoms with Crippen LogP contribution in [0.2, 0.25) is 5.02 Å². The Labute approximate surface area is 167 Å². The van der Waals surface area contributed by atoms with Gasteiger partial charge in [0.2, 0.25) is 5.91 Å². The molecule has 1 fully saturated rings. The molecule has 1 aliphatic heterocycles. The first-order valence-electron chi connectivity index (χ1n) is 8.72. The third-order valence-electron chi connectivity index (χ3n) is 4.95. The van der Waals surface area contributed by atoms with Crippen LogP contribution in [-0.2, 0) is 4.79 Å². The number of nitrogens with zero attached hydrogens (tertiary/aromatic N) is 1. The van der Waals surface area contributed by atoms with Crippen LogP contribution < -0.4 is 11.1 Å². The molecule has 2 atom stereocenters. The van der Waals surface area contributed by atoms with Crippen molar-refractivity contribution < 1.29 is 9.59 Å². The second-order valence-electron chi connectivity index (χ2n) is 7.85. The topological polar surface area (TPSA) is 75.4 Å². The number of carbonyl (C=O) groups is 2. The van der Waals surface area contributed by atoms with Crippen LogP contribution in [0.3, 0.4) is 0 Å². The second kappa shape index (κ2) is 9.07. The predicted octanol–water partition coefficient (Wildman–Crippen LogP) is 3.10. The standard InChI is InChI=1S/C19H28ClN3O2.ClH/c1-12(2)16(22-17(24)13-5-7-14(20)8-6-13)18(25)23-10-9-15(21)19(3,4)11-23;/h5-8,12,15-16H,9-11,21H2,1-4H3,(H,22,24);1H. The molecule has 1 aromatic carbocycles. The number of benzene rings is 1. The Balaban J connectivity index is 0.00000338. The van der Waals surface area contributed by atoms with Gasteiger partial charge in [0, 0.05) is 29.7 Å². The fourth-order valence-corrected chi connectivity index (χ4v) is 3.22. The molecule has 0 bridgehead atoms. The first-order chi connectivity index (χ1) is 11.6. The van der Waals surface area contributed by atoms with Gasteiger partial charge in [0.15, 0.2) is 0 Å². The molecule has 1 saturated heterocycles. The largest absolute Gasteiger partial charge is 0.340 e. The molecule has 5 nitrogen and oxygen atoms in total. The summed E-state index contributed by atoms with van der Waals surface area (Å²) in [7, 11) is 0. The molecule has 1 aromatic rings. The monoisotopic (exact) mass is 401 g/mol. The van der Waals surface area contributed by atoms with E-state index in [-0.39, 0.29) is 41.6 Å². The quantitative estimate of drug-likeness (QED) is 0.813. The maximum atomic E-state index is 13.0. The maximum Gasteiger partial charge on any atom is 0.251 e. The van der Waals surface area contributed by atoms with Gasteiger partial charge < -0.3 is 16.0 Å². The van der Waals surface area contributed by atoms with Gasteiger partial charge in [-0.3, -0.25) is 9.59 Å². The van der Waals surface area contributed by atoms with Crippen molar-refractivity contribution in [2.24, 2.45) is 17.1 Å². The number of piperidine rings is 1. The van der Waals surface area contributed by atoms with Gasteiger partial charge in [-0.25, -0.2) is 0 Å². The van der Waals surface area contributed by atoms with Crippen molar-refractivity contribution in [3.05, 3.63) is 34.9 Å². The van der Waals surface area contributed by atoms with Crippen molar-refractivity contribution in [2.75, 3.05) is 13.1 Å². The molecule has 0 saturated carbocycles. The zero-order chi connectivity index (χ0) is 18.8. The lowest BCUT2D eigenvalue weighted by Gasteiger charge is -2.44. The number of likely N-dealkylation sites (tertiary alicyclic amines) is 1. The predicted molar refractivity (Wildman–Crippen MR) is 108 cm³/mol. The van der Waals surface area contributed by atoms with Crippen LogP contribution in [0.1, 0.15) is 44.5 Å². The Morgan fingerprint density at radius 2 is 1.85 bits per heavy atom. The number of nitrogens with two attached hydrogens (primary N) is 1. The third-order valence-corrected chi connectivity index (χ3v) is 5.20. The summed E-state index contributed by atoms with van der Waals surface area (Å²) >= 11 is 5.86. The molecule has 0 spiro atoms. The number of halogens is 2. The summed E-state index contributed by atoms with van der Waals surface area (Å²) in [5.41, 5.74) is 6.52. The molecule has 2 unspecified atom stereocenters. The lowest BCUT2D eigenvalue weighted by Crippen LogP contribution is -2.59. The van der Waals surface area contributed by atoms with Crippen molar-refractivity contribution >= 4 is 35.8 Å². The summed E-state index contributed by atoms with van der Waals surface area (Å²) in [6.45, 7) is 9.26. The zero-order valence-electron chi connectivity index (χ0n) is 15.8. The highest BCUT2D eigenvalue weighted by Gasteiger charge is 2.38. The second-order valence-corrected chi connectivity index (χ2v) is 8.28. The van der Waals surface area contributed by atoms with Crippen molar-refractivity contribution in [3.63, 3.8) is 0 Å². The smallest absolute Gasteiger partial charge is 0.251 e. The molecule has 146 valence electrons. The highest BCUT2D eigenvalue weighted by atomic mass is 35.5. The van der Waals surface area contributed by atoms with Gasteiger partial charge in [0.05, 0.1) is 0 Å².